The maximum atomic E-state index is 6.16. The van der Waals surface area contributed by atoms with E-state index in [1.54, 1.807) is 0 Å². The van der Waals surface area contributed by atoms with Crippen molar-refractivity contribution in [3.8, 4) is 0 Å². The van der Waals surface area contributed by atoms with Gasteiger partial charge in [0.2, 0.25) is 5.06 Å². The Kier molecular flexibility index (Phi) is 3.57. The molecule has 17 heavy (non-hydrogen) atoms. The Morgan fingerprint density at radius 3 is 2.06 bits per heavy atom. The second-order valence-corrected chi connectivity index (χ2v) is 7.78. The average molecular weight is 379 g/mol. The first kappa shape index (κ1) is 14.7. The molecule has 96 valence electrons. The summed E-state index contributed by atoms with van der Waals surface area (Å²) in [7, 11) is 0. The quantitative estimate of drug-likeness (QED) is 0.560. The van der Waals surface area contributed by atoms with Gasteiger partial charge in [-0.2, -0.15) is 0 Å². The Labute approximate surface area is 132 Å². The Balaban J connectivity index is 2.50. The van der Waals surface area contributed by atoms with Crippen LogP contribution in [-0.4, -0.2) is 18.4 Å². The van der Waals surface area contributed by atoms with E-state index in [0.717, 1.165) is 0 Å². The fourth-order valence-corrected chi connectivity index (χ4v) is 2.61. The molecule has 1 unspecified atom stereocenters. The molecule has 1 aliphatic carbocycles. The minimum atomic E-state index is -2.14. The lowest BCUT2D eigenvalue weighted by Gasteiger charge is -2.49. The smallest absolute Gasteiger partial charge is 0.317 e. The number of allylic oxidation sites excluding steroid dienone is 2. The molecule has 1 saturated heterocycles. The summed E-state index contributed by atoms with van der Waals surface area (Å²) in [6, 6.07) is 0. The van der Waals surface area contributed by atoms with Crippen molar-refractivity contribution in [2.24, 2.45) is 0 Å². The molecule has 0 bridgehead atoms. The molecule has 1 fully saturated rings. The number of alkyl halides is 7. The number of ether oxygens (including phenoxy) is 2. The van der Waals surface area contributed by atoms with E-state index in [1.165, 1.54) is 18.2 Å². The van der Waals surface area contributed by atoms with Gasteiger partial charge in [-0.15, -0.1) is 0 Å². The van der Waals surface area contributed by atoms with Crippen LogP contribution in [-0.2, 0) is 9.47 Å². The SMILES string of the molecule is ClC1(Cl)C=CC=C2OC(Cl)(Cl)C(Cl)(Cl)OC21Cl. The van der Waals surface area contributed by atoms with Crippen molar-refractivity contribution in [2.45, 2.75) is 18.4 Å². The normalized spacial score (nSPS) is 36.8. The first-order valence-corrected chi connectivity index (χ1v) is 6.78. The summed E-state index contributed by atoms with van der Waals surface area (Å²) in [5, 5.41) is -1.82. The molecular formula is C8H3Cl7O2. The van der Waals surface area contributed by atoms with Gasteiger partial charge in [0.1, 0.15) is 0 Å². The zero-order chi connectivity index (χ0) is 13.1. The van der Waals surface area contributed by atoms with E-state index < -0.39 is 18.4 Å². The van der Waals surface area contributed by atoms with E-state index in [9.17, 15) is 0 Å². The molecule has 0 radical (unpaired) electrons. The van der Waals surface area contributed by atoms with Gasteiger partial charge >= 0.3 is 4.52 Å². The van der Waals surface area contributed by atoms with Crippen molar-refractivity contribution in [3.63, 3.8) is 0 Å². The highest BCUT2D eigenvalue weighted by atomic mass is 35.5. The summed E-state index contributed by atoms with van der Waals surface area (Å²) in [4.78, 5) is 0. The first-order valence-electron chi connectivity index (χ1n) is 4.13. The maximum Gasteiger partial charge on any atom is 0.317 e. The first-order chi connectivity index (χ1) is 7.52. The second kappa shape index (κ2) is 4.13. The summed E-state index contributed by atoms with van der Waals surface area (Å²) in [5.74, 6) is 0.00796. The van der Waals surface area contributed by atoms with Crippen LogP contribution >= 0.6 is 81.2 Å². The monoisotopic (exact) mass is 376 g/mol. The van der Waals surface area contributed by atoms with Crippen LogP contribution in [0.15, 0.2) is 24.0 Å². The summed E-state index contributed by atoms with van der Waals surface area (Å²) in [6.45, 7) is 0. The Morgan fingerprint density at radius 1 is 0.882 bits per heavy atom. The number of hydrogen-bond donors (Lipinski definition) is 0. The Morgan fingerprint density at radius 2 is 1.47 bits per heavy atom. The maximum absolute atomic E-state index is 6.16. The Bertz CT molecular complexity index is 414. The van der Waals surface area contributed by atoms with E-state index in [1.807, 2.05) is 0 Å². The van der Waals surface area contributed by atoms with E-state index in [-0.39, 0.29) is 5.76 Å². The predicted molar refractivity (Wildman–Crippen MR) is 71.3 cm³/mol. The standard InChI is InChI=1S/C8H3Cl7O2/c9-5(10)3-1-2-4-6(5,11)17-8(14,15)7(12,13)16-4/h1-3H. The fraction of sp³-hybridized carbons (Fsp3) is 0.500. The predicted octanol–water partition coefficient (Wildman–Crippen LogP) is 4.86. The molecule has 0 spiro atoms. The van der Waals surface area contributed by atoms with Crippen molar-refractivity contribution in [3.05, 3.63) is 24.0 Å². The molecule has 9 heteroatoms. The topological polar surface area (TPSA) is 18.5 Å². The minimum Gasteiger partial charge on any atom is -0.453 e. The third kappa shape index (κ3) is 2.15. The van der Waals surface area contributed by atoms with Crippen LogP contribution in [0.1, 0.15) is 0 Å². The summed E-state index contributed by atoms with van der Waals surface area (Å²) >= 11 is 41.3. The van der Waals surface area contributed by atoms with E-state index >= 15 is 0 Å². The molecule has 0 amide bonds. The van der Waals surface area contributed by atoms with Gasteiger partial charge in [-0.05, 0) is 12.2 Å². The molecule has 0 N–H and O–H groups in total. The van der Waals surface area contributed by atoms with Crippen molar-refractivity contribution in [1.29, 1.82) is 0 Å². The second-order valence-electron chi connectivity index (χ2n) is 3.35. The van der Waals surface area contributed by atoms with Gasteiger partial charge < -0.3 is 9.47 Å². The number of halogens is 7. The molecule has 2 aliphatic rings. The molecule has 1 aliphatic heterocycles. The summed E-state index contributed by atoms with van der Waals surface area (Å²) < 4.78 is 4.57. The van der Waals surface area contributed by atoms with Crippen molar-refractivity contribution >= 4 is 81.2 Å². The molecule has 0 saturated carbocycles. The van der Waals surface area contributed by atoms with Gasteiger partial charge in [0, 0.05) is 0 Å². The lowest BCUT2D eigenvalue weighted by Crippen LogP contribution is -2.60. The third-order valence-corrected chi connectivity index (χ3v) is 5.44. The van der Waals surface area contributed by atoms with Gasteiger partial charge in [-0.25, -0.2) is 0 Å². The van der Waals surface area contributed by atoms with Crippen molar-refractivity contribution in [2.75, 3.05) is 0 Å². The van der Waals surface area contributed by atoms with Crippen LogP contribution in [0.4, 0.5) is 0 Å². The van der Waals surface area contributed by atoms with E-state index in [2.05, 4.69) is 0 Å². The van der Waals surface area contributed by atoms with Crippen LogP contribution in [0.25, 0.3) is 0 Å². The van der Waals surface area contributed by atoms with Crippen LogP contribution in [0, 0.1) is 0 Å². The lowest BCUT2D eigenvalue weighted by atomic mass is 10.1. The Hall–Kier alpha value is 1.27. The van der Waals surface area contributed by atoms with Gasteiger partial charge in [0.25, 0.3) is 4.52 Å². The fourth-order valence-electron chi connectivity index (χ4n) is 1.29. The van der Waals surface area contributed by atoms with Crippen molar-refractivity contribution < 1.29 is 9.47 Å². The lowest BCUT2D eigenvalue weighted by molar-refractivity contribution is -0.139. The molecule has 2 nitrogen and oxygen atoms in total. The van der Waals surface area contributed by atoms with Gasteiger partial charge in [0.15, 0.2) is 10.1 Å². The zero-order valence-corrected chi connectivity index (χ0v) is 13.0. The molecule has 0 aromatic rings. The van der Waals surface area contributed by atoms with Gasteiger partial charge in [0.05, 0.1) is 0 Å². The molecule has 0 aromatic heterocycles. The highest BCUT2D eigenvalue weighted by Gasteiger charge is 2.68. The number of rotatable bonds is 0. The van der Waals surface area contributed by atoms with Gasteiger partial charge in [-0.1, -0.05) is 87.3 Å². The number of fused-ring (bicyclic) bond motifs is 1. The van der Waals surface area contributed by atoms with Crippen molar-refractivity contribution in [1.82, 2.24) is 0 Å². The highest BCUT2D eigenvalue weighted by molar-refractivity contribution is 6.62. The molecule has 0 aromatic carbocycles. The molecular weight excluding hydrogens is 376 g/mol. The van der Waals surface area contributed by atoms with E-state index in [4.69, 9.17) is 90.7 Å². The molecule has 2 rings (SSSR count). The number of hydrogen-bond acceptors (Lipinski definition) is 2. The van der Waals surface area contributed by atoms with Crippen LogP contribution < -0.4 is 0 Å². The zero-order valence-electron chi connectivity index (χ0n) is 7.69. The van der Waals surface area contributed by atoms with Gasteiger partial charge in [-0.3, -0.25) is 0 Å². The summed E-state index contributed by atoms with van der Waals surface area (Å²) in [6.07, 6.45) is 4.34. The van der Waals surface area contributed by atoms with Crippen LogP contribution in [0.2, 0.25) is 0 Å². The molecule has 1 atom stereocenters. The van der Waals surface area contributed by atoms with Crippen LogP contribution in [0.5, 0.6) is 0 Å². The summed E-state index contributed by atoms with van der Waals surface area (Å²) in [5.41, 5.74) is 0. The average Bonchev–Trinajstić information content (AvgIpc) is 2.10. The highest BCUT2D eigenvalue weighted by Crippen LogP contribution is 2.60. The van der Waals surface area contributed by atoms with Crippen LogP contribution in [0.3, 0.4) is 0 Å². The molecule has 1 heterocycles. The van der Waals surface area contributed by atoms with E-state index in [0.29, 0.717) is 0 Å². The minimum absolute atomic E-state index is 0.00796. The third-order valence-electron chi connectivity index (χ3n) is 2.14. The largest absolute Gasteiger partial charge is 0.453 e.